The van der Waals surface area contributed by atoms with Gasteiger partial charge in [0.25, 0.3) is 0 Å². The van der Waals surface area contributed by atoms with E-state index in [2.05, 4.69) is 15.3 Å². The van der Waals surface area contributed by atoms with Gasteiger partial charge in [-0.25, -0.2) is 10.0 Å². The molecule has 2 N–H and O–H groups in total. The number of nitrogens with one attached hydrogen (secondary N) is 1. The molecule has 0 bridgehead atoms. The summed E-state index contributed by atoms with van der Waals surface area (Å²) in [6, 6.07) is 13.4. The lowest BCUT2D eigenvalue weighted by atomic mass is 10.0. The lowest BCUT2D eigenvalue weighted by Gasteiger charge is -2.31. The zero-order chi connectivity index (χ0) is 27.8. The Morgan fingerprint density at radius 2 is 1.95 bits per heavy atom. The van der Waals surface area contributed by atoms with E-state index < -0.39 is 23.8 Å². The number of benzene rings is 1. The van der Waals surface area contributed by atoms with Gasteiger partial charge in [0.2, 0.25) is 18.2 Å². The number of aromatic nitrogens is 2. The molecule has 202 valence electrons. The SMILES string of the molecule is CCN(Cc1ccncc1)N(C=O)c1cccc(N2CC(C(=O)NC(CC(=O)O)c3cccnc3)CC2=O)c1. The fraction of sp³-hybridized carbons (Fsp3) is 0.286. The van der Waals surface area contributed by atoms with Gasteiger partial charge in [0.1, 0.15) is 0 Å². The summed E-state index contributed by atoms with van der Waals surface area (Å²) in [6.45, 7) is 3.13. The van der Waals surface area contributed by atoms with Crippen molar-refractivity contribution in [3.05, 3.63) is 84.4 Å². The molecular formula is C28H30N6O5. The lowest BCUT2D eigenvalue weighted by Crippen LogP contribution is -2.41. The molecule has 39 heavy (non-hydrogen) atoms. The van der Waals surface area contributed by atoms with E-state index in [0.29, 0.717) is 30.0 Å². The van der Waals surface area contributed by atoms with Crippen LogP contribution in [-0.4, -0.2) is 57.4 Å². The molecule has 0 saturated carbocycles. The monoisotopic (exact) mass is 530 g/mol. The molecule has 2 aromatic heterocycles. The highest BCUT2D eigenvalue weighted by Gasteiger charge is 2.36. The van der Waals surface area contributed by atoms with E-state index in [1.165, 1.54) is 16.1 Å². The Balaban J connectivity index is 1.48. The Morgan fingerprint density at radius 3 is 2.62 bits per heavy atom. The highest BCUT2D eigenvalue weighted by molar-refractivity contribution is 6.01. The topological polar surface area (TPSA) is 136 Å². The third-order valence-corrected chi connectivity index (χ3v) is 6.57. The molecule has 1 fully saturated rings. The Hall–Kier alpha value is -4.64. The Bertz CT molecular complexity index is 1310. The van der Waals surface area contributed by atoms with Crippen LogP contribution in [0.4, 0.5) is 11.4 Å². The molecule has 0 aliphatic carbocycles. The third-order valence-electron chi connectivity index (χ3n) is 6.57. The van der Waals surface area contributed by atoms with Crippen molar-refractivity contribution < 1.29 is 24.3 Å². The van der Waals surface area contributed by atoms with Gasteiger partial charge in [-0.2, -0.15) is 0 Å². The fourth-order valence-corrected chi connectivity index (χ4v) is 4.56. The second kappa shape index (κ2) is 12.7. The Kier molecular flexibility index (Phi) is 8.95. The molecule has 0 radical (unpaired) electrons. The van der Waals surface area contributed by atoms with Crippen molar-refractivity contribution in [1.82, 2.24) is 20.3 Å². The fourth-order valence-electron chi connectivity index (χ4n) is 4.56. The number of carbonyl (C=O) groups is 4. The van der Waals surface area contributed by atoms with E-state index >= 15 is 0 Å². The second-order valence-corrected chi connectivity index (χ2v) is 9.16. The number of hydrogen-bond donors (Lipinski definition) is 2. The largest absolute Gasteiger partial charge is 0.481 e. The number of carboxylic acid groups (broad SMARTS) is 1. The number of hydrogen-bond acceptors (Lipinski definition) is 7. The van der Waals surface area contributed by atoms with Crippen LogP contribution in [0.15, 0.2) is 73.3 Å². The van der Waals surface area contributed by atoms with Crippen LogP contribution in [0.1, 0.15) is 36.9 Å². The predicted octanol–water partition coefficient (Wildman–Crippen LogP) is 2.56. The Labute approximate surface area is 226 Å². The minimum Gasteiger partial charge on any atom is -0.481 e. The predicted molar refractivity (Wildman–Crippen MR) is 143 cm³/mol. The number of aliphatic carboxylic acids is 1. The summed E-state index contributed by atoms with van der Waals surface area (Å²) >= 11 is 0. The minimum atomic E-state index is -1.06. The number of anilines is 2. The van der Waals surface area contributed by atoms with Gasteiger partial charge in [-0.05, 0) is 47.5 Å². The van der Waals surface area contributed by atoms with Gasteiger partial charge in [0.05, 0.1) is 24.1 Å². The van der Waals surface area contributed by atoms with Gasteiger partial charge in [0.15, 0.2) is 0 Å². The van der Waals surface area contributed by atoms with Crippen molar-refractivity contribution >= 4 is 35.6 Å². The average molecular weight is 531 g/mol. The maximum absolute atomic E-state index is 13.1. The molecule has 0 spiro atoms. The molecule has 4 rings (SSSR count). The third kappa shape index (κ3) is 6.82. The number of amides is 3. The summed E-state index contributed by atoms with van der Waals surface area (Å²) in [5.41, 5.74) is 2.71. The smallest absolute Gasteiger partial charge is 0.305 e. The molecule has 2 atom stereocenters. The minimum absolute atomic E-state index is 0.0105. The molecule has 3 heterocycles. The maximum Gasteiger partial charge on any atom is 0.305 e. The van der Waals surface area contributed by atoms with Crippen LogP contribution in [0.3, 0.4) is 0 Å². The zero-order valence-corrected chi connectivity index (χ0v) is 21.5. The molecule has 1 aliphatic rings. The highest BCUT2D eigenvalue weighted by Crippen LogP contribution is 2.30. The standard InChI is InChI=1S/C28H30N6O5/c1-2-32(17-20-8-11-29-12-9-20)34(19-35)24-7-3-6-23(14-24)33-18-22(13-26(33)36)28(39)31-25(15-27(37)38)21-5-4-10-30-16-21/h3-12,14,16,19,22,25H,2,13,15,17-18H2,1H3,(H,31,39)(H,37,38). The van der Waals surface area contributed by atoms with E-state index in [-0.39, 0.29) is 25.3 Å². The number of nitrogens with zero attached hydrogens (tertiary/aromatic N) is 5. The molecule has 1 aromatic carbocycles. The summed E-state index contributed by atoms with van der Waals surface area (Å²) in [5, 5.41) is 15.5. The number of carbonyl (C=O) groups excluding carboxylic acids is 3. The van der Waals surface area contributed by atoms with E-state index in [9.17, 15) is 24.3 Å². The van der Waals surface area contributed by atoms with Crippen molar-refractivity contribution in [1.29, 1.82) is 0 Å². The van der Waals surface area contributed by atoms with Gasteiger partial charge in [-0.1, -0.05) is 19.1 Å². The van der Waals surface area contributed by atoms with Gasteiger partial charge in [-0.3, -0.25) is 29.1 Å². The van der Waals surface area contributed by atoms with Crippen molar-refractivity contribution in [2.24, 2.45) is 5.92 Å². The normalized spacial score (nSPS) is 15.7. The zero-order valence-electron chi connectivity index (χ0n) is 21.5. The number of carboxylic acids is 1. The average Bonchev–Trinajstić information content (AvgIpc) is 3.35. The van der Waals surface area contributed by atoms with E-state index in [4.69, 9.17) is 0 Å². The van der Waals surface area contributed by atoms with Gasteiger partial charge in [-0.15, -0.1) is 0 Å². The molecular weight excluding hydrogens is 500 g/mol. The number of pyridine rings is 2. The summed E-state index contributed by atoms with van der Waals surface area (Å²) in [7, 11) is 0. The van der Waals surface area contributed by atoms with Crippen LogP contribution >= 0.6 is 0 Å². The molecule has 3 amide bonds. The molecule has 2 unspecified atom stereocenters. The first-order chi connectivity index (χ1) is 18.9. The molecule has 3 aromatic rings. The first kappa shape index (κ1) is 27.4. The van der Waals surface area contributed by atoms with Crippen molar-refractivity contribution in [2.75, 3.05) is 23.0 Å². The van der Waals surface area contributed by atoms with E-state index in [0.717, 1.165) is 12.0 Å². The molecule has 1 saturated heterocycles. The number of rotatable bonds is 12. The second-order valence-electron chi connectivity index (χ2n) is 9.16. The van der Waals surface area contributed by atoms with Crippen molar-refractivity contribution in [3.63, 3.8) is 0 Å². The van der Waals surface area contributed by atoms with Gasteiger partial charge >= 0.3 is 5.97 Å². The molecule has 11 heteroatoms. The van der Waals surface area contributed by atoms with Crippen LogP contribution < -0.4 is 15.2 Å². The van der Waals surface area contributed by atoms with Crippen LogP contribution in [0.25, 0.3) is 0 Å². The molecule has 11 nitrogen and oxygen atoms in total. The summed E-state index contributed by atoms with van der Waals surface area (Å²) in [6.07, 6.45) is 6.88. The van der Waals surface area contributed by atoms with E-state index in [1.807, 2.05) is 24.1 Å². The first-order valence-electron chi connectivity index (χ1n) is 12.6. The molecule has 1 aliphatic heterocycles. The first-order valence-corrected chi connectivity index (χ1v) is 12.6. The van der Waals surface area contributed by atoms with Gasteiger partial charge in [0, 0.05) is 56.5 Å². The van der Waals surface area contributed by atoms with Gasteiger partial charge < -0.3 is 15.3 Å². The van der Waals surface area contributed by atoms with Crippen LogP contribution in [-0.2, 0) is 25.7 Å². The Morgan fingerprint density at radius 1 is 1.15 bits per heavy atom. The summed E-state index contributed by atoms with van der Waals surface area (Å²) < 4.78 is 0. The van der Waals surface area contributed by atoms with Crippen LogP contribution in [0.5, 0.6) is 0 Å². The summed E-state index contributed by atoms with van der Waals surface area (Å²) in [5.74, 6) is -2.35. The quantitative estimate of drug-likeness (QED) is 0.269. The van der Waals surface area contributed by atoms with Crippen molar-refractivity contribution in [3.8, 4) is 0 Å². The number of hydrazine groups is 1. The lowest BCUT2D eigenvalue weighted by molar-refractivity contribution is -0.138. The van der Waals surface area contributed by atoms with Crippen LogP contribution in [0, 0.1) is 5.92 Å². The summed E-state index contributed by atoms with van der Waals surface area (Å²) in [4.78, 5) is 59.1. The van der Waals surface area contributed by atoms with E-state index in [1.54, 1.807) is 55.0 Å². The van der Waals surface area contributed by atoms with Crippen molar-refractivity contribution in [2.45, 2.75) is 32.4 Å². The van der Waals surface area contributed by atoms with Crippen LogP contribution in [0.2, 0.25) is 0 Å². The maximum atomic E-state index is 13.1. The highest BCUT2D eigenvalue weighted by atomic mass is 16.4.